The topological polar surface area (TPSA) is 68.6 Å². The number of ether oxygens (including phenoxy) is 1. The Bertz CT molecular complexity index is 1590. The predicted molar refractivity (Wildman–Crippen MR) is 156 cm³/mol. The number of halogens is 3. The maximum absolute atomic E-state index is 13.3. The molecule has 1 heterocycles. The molecule has 1 amide bonds. The van der Waals surface area contributed by atoms with Crippen molar-refractivity contribution in [2.24, 2.45) is 0 Å². The van der Waals surface area contributed by atoms with Crippen molar-refractivity contribution in [2.75, 3.05) is 43.5 Å². The molecular weight excluding hydrogens is 541 g/mol. The van der Waals surface area contributed by atoms with Crippen LogP contribution in [0.4, 0.5) is 24.5 Å². The number of piperazine rings is 1. The zero-order valence-electron chi connectivity index (χ0n) is 23.0. The molecule has 4 aromatic carbocycles. The third-order valence-corrected chi connectivity index (χ3v) is 7.32. The predicted octanol–water partition coefficient (Wildman–Crippen LogP) is 6.83. The van der Waals surface area contributed by atoms with Gasteiger partial charge in [-0.1, -0.05) is 24.3 Å². The summed E-state index contributed by atoms with van der Waals surface area (Å²) < 4.78 is 44.4. The molecule has 214 valence electrons. The quantitative estimate of drug-likeness (QED) is 0.264. The second kappa shape index (κ2) is 12.4. The van der Waals surface area contributed by atoms with Crippen LogP contribution in [0.5, 0.6) is 5.75 Å². The summed E-state index contributed by atoms with van der Waals surface area (Å²) in [6, 6.07) is 27.1. The van der Waals surface area contributed by atoms with Crippen LogP contribution in [0.2, 0.25) is 0 Å². The fraction of sp³-hybridized carbons (Fsp3) is 0.212. The van der Waals surface area contributed by atoms with Gasteiger partial charge in [0.1, 0.15) is 5.75 Å². The van der Waals surface area contributed by atoms with Crippen LogP contribution in [0, 0.1) is 11.3 Å². The molecule has 1 aliphatic heterocycles. The smallest absolute Gasteiger partial charge is 0.416 e. The van der Waals surface area contributed by atoms with E-state index in [1.54, 1.807) is 18.2 Å². The maximum atomic E-state index is 13.3. The van der Waals surface area contributed by atoms with Gasteiger partial charge in [0.25, 0.3) is 5.91 Å². The number of methoxy groups -OCH3 is 1. The number of carbonyl (C=O) groups is 1. The summed E-state index contributed by atoms with van der Waals surface area (Å²) in [7, 11) is 1.49. The van der Waals surface area contributed by atoms with E-state index < -0.39 is 17.6 Å². The maximum Gasteiger partial charge on any atom is 0.416 e. The van der Waals surface area contributed by atoms with Crippen molar-refractivity contribution in [3.05, 3.63) is 113 Å². The zero-order valence-corrected chi connectivity index (χ0v) is 23.0. The molecule has 0 aromatic heterocycles. The Morgan fingerprint density at radius 3 is 2.29 bits per heavy atom. The highest BCUT2D eigenvalue weighted by molar-refractivity contribution is 6.09. The molecule has 0 aliphatic carbocycles. The molecule has 0 atom stereocenters. The Labute approximate surface area is 242 Å². The van der Waals surface area contributed by atoms with Gasteiger partial charge in [-0.05, 0) is 83.4 Å². The van der Waals surface area contributed by atoms with Crippen molar-refractivity contribution >= 4 is 17.3 Å². The molecule has 4 aromatic rings. The van der Waals surface area contributed by atoms with Crippen molar-refractivity contribution in [2.45, 2.75) is 12.7 Å². The number of nitrogens with zero attached hydrogens (tertiary/aromatic N) is 3. The van der Waals surface area contributed by atoms with Crippen LogP contribution in [-0.4, -0.2) is 44.1 Å². The van der Waals surface area contributed by atoms with Crippen molar-refractivity contribution < 1.29 is 22.7 Å². The minimum absolute atomic E-state index is 0.287. The monoisotopic (exact) mass is 570 g/mol. The van der Waals surface area contributed by atoms with E-state index in [2.05, 4.69) is 21.2 Å². The fourth-order valence-corrected chi connectivity index (χ4v) is 5.04. The molecule has 6 nitrogen and oxygen atoms in total. The van der Waals surface area contributed by atoms with Crippen LogP contribution in [-0.2, 0) is 12.7 Å². The van der Waals surface area contributed by atoms with Crippen LogP contribution >= 0.6 is 0 Å². The molecule has 1 N–H and O–H groups in total. The molecule has 0 spiro atoms. The average molecular weight is 571 g/mol. The van der Waals surface area contributed by atoms with E-state index in [0.29, 0.717) is 28.1 Å². The number of rotatable bonds is 7. The van der Waals surface area contributed by atoms with Gasteiger partial charge >= 0.3 is 6.18 Å². The van der Waals surface area contributed by atoms with Crippen molar-refractivity contribution in [1.29, 1.82) is 5.26 Å². The average Bonchev–Trinajstić information content (AvgIpc) is 3.01. The number of alkyl halides is 3. The standard InChI is InChI=1S/C33H29F3N4O2/c1-42-29-13-14-30(25-5-7-26(8-6-25)33(34,35)36)31(20-29)32(41)38-27-9-11-28(12-10-27)40-17-15-39(16-18-40)22-24-4-2-3-23(19-24)21-37/h2-14,19-20H,15-18,22H2,1H3,(H,38,41). The highest BCUT2D eigenvalue weighted by Crippen LogP contribution is 2.33. The van der Waals surface area contributed by atoms with Gasteiger partial charge in [0.2, 0.25) is 0 Å². The first-order valence-electron chi connectivity index (χ1n) is 13.5. The van der Waals surface area contributed by atoms with Crippen LogP contribution in [0.15, 0.2) is 91.0 Å². The largest absolute Gasteiger partial charge is 0.497 e. The highest BCUT2D eigenvalue weighted by atomic mass is 19.4. The zero-order chi connectivity index (χ0) is 29.7. The van der Waals surface area contributed by atoms with Crippen LogP contribution < -0.4 is 15.0 Å². The number of hydrogen-bond acceptors (Lipinski definition) is 5. The molecule has 9 heteroatoms. The molecule has 0 saturated carbocycles. The Morgan fingerprint density at radius 2 is 1.64 bits per heavy atom. The number of benzene rings is 4. The van der Waals surface area contributed by atoms with Crippen molar-refractivity contribution in [1.82, 2.24) is 4.90 Å². The SMILES string of the molecule is COc1ccc(-c2ccc(C(F)(F)F)cc2)c(C(=O)Nc2ccc(N3CCN(Cc4cccc(C#N)c4)CC3)cc2)c1. The van der Waals surface area contributed by atoms with Gasteiger partial charge in [0, 0.05) is 44.1 Å². The third-order valence-electron chi connectivity index (χ3n) is 7.32. The van der Waals surface area contributed by atoms with Gasteiger partial charge in [-0.2, -0.15) is 18.4 Å². The van der Waals surface area contributed by atoms with Crippen molar-refractivity contribution in [3.8, 4) is 22.9 Å². The summed E-state index contributed by atoms with van der Waals surface area (Å²) in [6.07, 6.45) is -4.44. The van der Waals surface area contributed by atoms with E-state index in [4.69, 9.17) is 10.00 Å². The van der Waals surface area contributed by atoms with Gasteiger partial charge in [-0.25, -0.2) is 0 Å². The molecule has 1 saturated heterocycles. The molecule has 42 heavy (non-hydrogen) atoms. The minimum Gasteiger partial charge on any atom is -0.497 e. The number of hydrogen-bond donors (Lipinski definition) is 1. The van der Waals surface area contributed by atoms with E-state index in [-0.39, 0.29) is 5.56 Å². The van der Waals surface area contributed by atoms with E-state index in [1.165, 1.54) is 19.2 Å². The second-order valence-corrected chi connectivity index (χ2v) is 10.1. The Morgan fingerprint density at radius 1 is 0.929 bits per heavy atom. The van der Waals surface area contributed by atoms with Gasteiger partial charge in [-0.3, -0.25) is 9.69 Å². The number of nitriles is 1. The molecule has 1 fully saturated rings. The summed E-state index contributed by atoms with van der Waals surface area (Å²) in [6.45, 7) is 4.27. The number of nitrogens with one attached hydrogen (secondary N) is 1. The lowest BCUT2D eigenvalue weighted by Gasteiger charge is -2.36. The van der Waals surface area contributed by atoms with Gasteiger partial charge in [0.05, 0.1) is 29.9 Å². The highest BCUT2D eigenvalue weighted by Gasteiger charge is 2.30. The van der Waals surface area contributed by atoms with E-state index in [9.17, 15) is 18.0 Å². The number of carbonyl (C=O) groups excluding carboxylic acids is 1. The summed E-state index contributed by atoms with van der Waals surface area (Å²) in [5.41, 5.74) is 3.96. The summed E-state index contributed by atoms with van der Waals surface area (Å²) in [4.78, 5) is 18.0. The number of amides is 1. The Balaban J connectivity index is 1.24. The number of anilines is 2. The molecule has 0 radical (unpaired) electrons. The normalized spacial score (nSPS) is 13.8. The fourth-order valence-electron chi connectivity index (χ4n) is 5.04. The first kappa shape index (κ1) is 28.7. The molecule has 0 unspecified atom stereocenters. The summed E-state index contributed by atoms with van der Waals surface area (Å²) >= 11 is 0. The second-order valence-electron chi connectivity index (χ2n) is 10.1. The molecule has 1 aliphatic rings. The van der Waals surface area contributed by atoms with Crippen LogP contribution in [0.3, 0.4) is 0 Å². The van der Waals surface area contributed by atoms with E-state index in [1.807, 2.05) is 48.5 Å². The first-order valence-corrected chi connectivity index (χ1v) is 13.5. The lowest BCUT2D eigenvalue weighted by atomic mass is 9.97. The lowest BCUT2D eigenvalue weighted by molar-refractivity contribution is -0.137. The van der Waals surface area contributed by atoms with Crippen LogP contribution in [0.1, 0.15) is 27.0 Å². The summed E-state index contributed by atoms with van der Waals surface area (Å²) in [5.74, 6) is 0.0636. The molecular formula is C33H29F3N4O2. The van der Waals surface area contributed by atoms with Gasteiger partial charge in [0.15, 0.2) is 0 Å². The third kappa shape index (κ3) is 6.73. The van der Waals surface area contributed by atoms with Gasteiger partial charge in [-0.15, -0.1) is 0 Å². The van der Waals surface area contributed by atoms with Crippen molar-refractivity contribution in [3.63, 3.8) is 0 Å². The van der Waals surface area contributed by atoms with E-state index >= 15 is 0 Å². The lowest BCUT2D eigenvalue weighted by Crippen LogP contribution is -2.45. The molecule has 5 rings (SSSR count). The summed E-state index contributed by atoms with van der Waals surface area (Å²) in [5, 5.41) is 12.0. The Hall–Kier alpha value is -4.81. The Kier molecular flexibility index (Phi) is 8.46. The van der Waals surface area contributed by atoms with Crippen LogP contribution in [0.25, 0.3) is 11.1 Å². The minimum atomic E-state index is -4.44. The van der Waals surface area contributed by atoms with Gasteiger partial charge < -0.3 is 15.0 Å². The first-order chi connectivity index (χ1) is 20.2. The van der Waals surface area contributed by atoms with E-state index in [0.717, 1.165) is 56.1 Å². The molecule has 0 bridgehead atoms.